The van der Waals surface area contributed by atoms with E-state index >= 15 is 0 Å². The molecule has 27 heavy (non-hydrogen) atoms. The molecule has 8 nitrogen and oxygen atoms in total. The van der Waals surface area contributed by atoms with Crippen LogP contribution in [-0.2, 0) is 25.5 Å². The minimum Gasteiger partial charge on any atom is -0.453 e. The largest absolute Gasteiger partial charge is 0.453 e. The number of fused-ring (bicyclic) bond motifs is 1. The number of amides is 4. The first-order chi connectivity index (χ1) is 13.0. The van der Waals surface area contributed by atoms with Crippen LogP contribution in [0, 0.1) is 0 Å². The molecule has 0 spiro atoms. The van der Waals surface area contributed by atoms with E-state index in [0.717, 1.165) is 29.0 Å². The van der Waals surface area contributed by atoms with Crippen molar-refractivity contribution in [3.63, 3.8) is 0 Å². The quantitative estimate of drug-likeness (QED) is 0.598. The first kappa shape index (κ1) is 18.9. The van der Waals surface area contributed by atoms with Gasteiger partial charge in [0, 0.05) is 25.2 Å². The Morgan fingerprint density at radius 3 is 2.78 bits per heavy atom. The maximum Gasteiger partial charge on any atom is 0.324 e. The number of carbonyl (C=O) groups excluding carboxylic acids is 4. The number of hydrogen-bond acceptors (Lipinski definition) is 5. The maximum atomic E-state index is 12.7. The van der Waals surface area contributed by atoms with Gasteiger partial charge in [0.1, 0.15) is 0 Å². The van der Waals surface area contributed by atoms with Crippen molar-refractivity contribution in [1.82, 2.24) is 10.2 Å². The predicted molar refractivity (Wildman–Crippen MR) is 97.0 cm³/mol. The molecule has 1 atom stereocenters. The fraction of sp³-hybridized carbons (Fsp3) is 0.474. The average Bonchev–Trinajstić information content (AvgIpc) is 2.99. The monoisotopic (exact) mass is 373 g/mol. The van der Waals surface area contributed by atoms with Gasteiger partial charge in [-0.25, -0.2) is 4.79 Å². The van der Waals surface area contributed by atoms with Gasteiger partial charge in [-0.05, 0) is 37.8 Å². The van der Waals surface area contributed by atoms with Crippen molar-refractivity contribution in [3.05, 3.63) is 29.8 Å². The minimum absolute atomic E-state index is 0.00781. The van der Waals surface area contributed by atoms with Gasteiger partial charge in [-0.15, -0.1) is 0 Å². The zero-order chi connectivity index (χ0) is 19.4. The van der Waals surface area contributed by atoms with Crippen molar-refractivity contribution in [2.45, 2.75) is 38.7 Å². The lowest BCUT2D eigenvalue weighted by atomic mass is 10.0. The highest BCUT2D eigenvalue weighted by molar-refractivity contribution is 6.02. The molecule has 8 heteroatoms. The lowest BCUT2D eigenvalue weighted by Crippen LogP contribution is -2.42. The van der Waals surface area contributed by atoms with E-state index in [4.69, 9.17) is 4.74 Å². The lowest BCUT2D eigenvalue weighted by molar-refractivity contribution is -0.154. The topological polar surface area (TPSA) is 96.0 Å². The molecule has 0 saturated carbocycles. The number of anilines is 1. The average molecular weight is 373 g/mol. The second kappa shape index (κ2) is 8.20. The number of benzene rings is 1. The highest BCUT2D eigenvalue weighted by Gasteiger charge is 2.29. The van der Waals surface area contributed by atoms with Gasteiger partial charge < -0.3 is 15.0 Å². The molecule has 1 fully saturated rings. The number of nitrogens with one attached hydrogen (secondary N) is 1. The van der Waals surface area contributed by atoms with Crippen LogP contribution in [-0.4, -0.2) is 54.5 Å². The Morgan fingerprint density at radius 2 is 2.04 bits per heavy atom. The Labute approximate surface area is 157 Å². The van der Waals surface area contributed by atoms with Crippen molar-refractivity contribution in [2.75, 3.05) is 24.5 Å². The number of rotatable bonds is 6. The van der Waals surface area contributed by atoms with Crippen LogP contribution in [0.25, 0.3) is 0 Å². The Morgan fingerprint density at radius 1 is 1.26 bits per heavy atom. The summed E-state index contributed by atoms with van der Waals surface area (Å²) in [4.78, 5) is 50.4. The van der Waals surface area contributed by atoms with E-state index in [1.165, 1.54) is 0 Å². The van der Waals surface area contributed by atoms with Crippen molar-refractivity contribution in [1.29, 1.82) is 0 Å². The highest BCUT2D eigenvalue weighted by Crippen LogP contribution is 2.27. The number of nitrogens with zero attached hydrogens (tertiary/aromatic N) is 2. The van der Waals surface area contributed by atoms with Crippen LogP contribution >= 0.6 is 0 Å². The van der Waals surface area contributed by atoms with E-state index in [2.05, 4.69) is 5.32 Å². The number of para-hydroxylation sites is 1. The summed E-state index contributed by atoms with van der Waals surface area (Å²) >= 11 is 0. The van der Waals surface area contributed by atoms with E-state index in [1.807, 2.05) is 24.3 Å². The van der Waals surface area contributed by atoms with E-state index in [-0.39, 0.29) is 31.3 Å². The summed E-state index contributed by atoms with van der Waals surface area (Å²) in [5.41, 5.74) is 1.99. The van der Waals surface area contributed by atoms with Gasteiger partial charge in [0.25, 0.3) is 5.91 Å². The maximum absolute atomic E-state index is 12.7. The van der Waals surface area contributed by atoms with Gasteiger partial charge in [-0.1, -0.05) is 18.2 Å². The second-order valence-electron chi connectivity index (χ2n) is 6.66. The molecule has 1 unspecified atom stereocenters. The van der Waals surface area contributed by atoms with Crippen molar-refractivity contribution in [2.24, 2.45) is 0 Å². The molecule has 1 aromatic carbocycles. The smallest absolute Gasteiger partial charge is 0.324 e. The van der Waals surface area contributed by atoms with Crippen molar-refractivity contribution < 1.29 is 23.9 Å². The third kappa shape index (κ3) is 4.27. The molecule has 1 N–H and O–H groups in total. The summed E-state index contributed by atoms with van der Waals surface area (Å²) in [7, 11) is 0. The number of esters is 1. The molecule has 1 aromatic rings. The van der Waals surface area contributed by atoms with Gasteiger partial charge in [0.05, 0.1) is 6.54 Å². The van der Waals surface area contributed by atoms with Crippen LogP contribution in [0.4, 0.5) is 10.5 Å². The van der Waals surface area contributed by atoms with Crippen molar-refractivity contribution >= 4 is 29.5 Å². The third-order valence-electron chi connectivity index (χ3n) is 4.73. The van der Waals surface area contributed by atoms with Crippen LogP contribution in [0.2, 0.25) is 0 Å². The molecule has 2 heterocycles. The lowest BCUT2D eigenvalue weighted by Gasteiger charge is -2.31. The van der Waals surface area contributed by atoms with Gasteiger partial charge in [0.2, 0.25) is 5.91 Å². The van der Waals surface area contributed by atoms with E-state index in [9.17, 15) is 19.2 Å². The molecule has 2 aliphatic rings. The Bertz CT molecular complexity index is 747. The Hall–Kier alpha value is -2.90. The van der Waals surface area contributed by atoms with Gasteiger partial charge in [-0.2, -0.15) is 0 Å². The van der Waals surface area contributed by atoms with E-state index < -0.39 is 18.1 Å². The molecule has 2 aliphatic heterocycles. The SMILES string of the molecule is CC(OC(=O)CCCN1C(=O)CNC1=O)C(=O)N1CCCc2ccccc21. The van der Waals surface area contributed by atoms with Crippen LogP contribution in [0.15, 0.2) is 24.3 Å². The molecular formula is C19H23N3O5. The number of ether oxygens (including phenoxy) is 1. The Balaban J connectivity index is 1.49. The molecule has 0 bridgehead atoms. The first-order valence-corrected chi connectivity index (χ1v) is 9.14. The number of urea groups is 1. The molecule has 0 aromatic heterocycles. The van der Waals surface area contributed by atoms with Gasteiger partial charge >= 0.3 is 12.0 Å². The highest BCUT2D eigenvalue weighted by atomic mass is 16.5. The zero-order valence-corrected chi connectivity index (χ0v) is 15.3. The zero-order valence-electron chi connectivity index (χ0n) is 15.3. The molecule has 3 rings (SSSR count). The molecular weight excluding hydrogens is 350 g/mol. The van der Waals surface area contributed by atoms with Crippen LogP contribution in [0.1, 0.15) is 31.7 Å². The molecule has 4 amide bonds. The van der Waals surface area contributed by atoms with E-state index in [1.54, 1.807) is 11.8 Å². The first-order valence-electron chi connectivity index (χ1n) is 9.14. The summed E-state index contributed by atoms with van der Waals surface area (Å²) < 4.78 is 5.26. The van der Waals surface area contributed by atoms with Crippen LogP contribution in [0.5, 0.6) is 0 Å². The summed E-state index contributed by atoms with van der Waals surface area (Å²) in [6.07, 6.45) is 1.24. The van der Waals surface area contributed by atoms with Crippen LogP contribution in [0.3, 0.4) is 0 Å². The number of hydrogen-bond donors (Lipinski definition) is 1. The fourth-order valence-electron chi connectivity index (χ4n) is 3.35. The normalized spacial score (nSPS) is 17.4. The molecule has 1 saturated heterocycles. The summed E-state index contributed by atoms with van der Waals surface area (Å²) in [5, 5.41) is 2.42. The molecule has 0 radical (unpaired) electrons. The number of imide groups is 1. The number of aryl methyl sites for hydroxylation is 1. The number of carbonyl (C=O) groups is 4. The summed E-state index contributed by atoms with van der Waals surface area (Å²) in [5.74, 6) is -1.07. The minimum atomic E-state index is -0.889. The van der Waals surface area contributed by atoms with Crippen LogP contribution < -0.4 is 10.2 Å². The predicted octanol–water partition coefficient (Wildman–Crippen LogP) is 1.23. The standard InChI is InChI=1S/C19H23N3O5/c1-13(18(25)21-10-4-7-14-6-2-3-8-15(14)21)27-17(24)9-5-11-22-16(23)12-20-19(22)26/h2-3,6,8,13H,4-5,7,9-12H2,1H3,(H,20,26). The molecule has 0 aliphatic carbocycles. The van der Waals surface area contributed by atoms with Gasteiger partial charge in [-0.3, -0.25) is 19.3 Å². The second-order valence-corrected chi connectivity index (χ2v) is 6.66. The Kier molecular flexibility index (Phi) is 5.73. The molecule has 144 valence electrons. The van der Waals surface area contributed by atoms with E-state index in [0.29, 0.717) is 13.0 Å². The van der Waals surface area contributed by atoms with Crippen molar-refractivity contribution in [3.8, 4) is 0 Å². The third-order valence-corrected chi connectivity index (χ3v) is 4.73. The summed E-state index contributed by atoms with van der Waals surface area (Å²) in [6.45, 7) is 2.31. The fourth-order valence-corrected chi connectivity index (χ4v) is 3.35. The van der Waals surface area contributed by atoms with Gasteiger partial charge in [0.15, 0.2) is 6.10 Å². The summed E-state index contributed by atoms with van der Waals surface area (Å²) in [6, 6.07) is 7.29.